The Labute approximate surface area is 142 Å². The van der Waals surface area contributed by atoms with Crippen molar-refractivity contribution in [1.29, 1.82) is 5.26 Å². The molecule has 25 heavy (non-hydrogen) atoms. The Kier molecular flexibility index (Phi) is 5.68. The molecule has 0 unspecified atom stereocenters. The van der Waals surface area contributed by atoms with Crippen LogP contribution in [0, 0.1) is 11.3 Å². The van der Waals surface area contributed by atoms with Gasteiger partial charge in [0.15, 0.2) is 11.1 Å². The molecule has 0 aliphatic heterocycles. The predicted octanol–water partition coefficient (Wildman–Crippen LogP) is 3.65. The first-order valence-electron chi connectivity index (χ1n) is 7.32. The summed E-state index contributed by atoms with van der Waals surface area (Å²) < 4.78 is 63.4. The van der Waals surface area contributed by atoms with Crippen LogP contribution in [0.3, 0.4) is 0 Å². The summed E-state index contributed by atoms with van der Waals surface area (Å²) in [6, 6.07) is 8.20. The van der Waals surface area contributed by atoms with Crippen LogP contribution in [0.1, 0.15) is 25.1 Å². The Bertz CT molecular complexity index is 815. The van der Waals surface area contributed by atoms with Crippen molar-refractivity contribution in [3.8, 4) is 11.8 Å². The molecule has 0 aliphatic carbocycles. The largest absolute Gasteiger partial charge is 0.435 e. The van der Waals surface area contributed by atoms with Crippen molar-refractivity contribution in [3.05, 3.63) is 41.6 Å². The van der Waals surface area contributed by atoms with E-state index in [2.05, 4.69) is 5.10 Å². The maximum absolute atomic E-state index is 13.1. The summed E-state index contributed by atoms with van der Waals surface area (Å²) >= 11 is 0. The zero-order valence-electron chi connectivity index (χ0n) is 13.4. The minimum Gasteiger partial charge on any atom is -0.304 e. The molecule has 2 aromatic rings. The molecule has 2 rings (SSSR count). The van der Waals surface area contributed by atoms with Gasteiger partial charge in [-0.05, 0) is 38.1 Å². The second-order valence-electron chi connectivity index (χ2n) is 4.79. The lowest BCUT2D eigenvalue weighted by Gasteiger charge is -2.18. The molecular formula is C15H15F3N3O3P. The zero-order chi connectivity index (χ0) is 18.7. The highest BCUT2D eigenvalue weighted by Crippen LogP contribution is 2.48. The van der Waals surface area contributed by atoms with E-state index in [1.807, 2.05) is 6.07 Å². The van der Waals surface area contributed by atoms with Crippen LogP contribution in [0.2, 0.25) is 0 Å². The van der Waals surface area contributed by atoms with Crippen molar-refractivity contribution < 1.29 is 26.8 Å². The third-order valence-electron chi connectivity index (χ3n) is 3.10. The van der Waals surface area contributed by atoms with Gasteiger partial charge in [-0.3, -0.25) is 4.57 Å². The second-order valence-corrected chi connectivity index (χ2v) is 6.76. The van der Waals surface area contributed by atoms with Gasteiger partial charge in [0, 0.05) is 6.07 Å². The number of benzene rings is 1. The summed E-state index contributed by atoms with van der Waals surface area (Å²) in [5.74, 6) is 0. The van der Waals surface area contributed by atoms with Crippen molar-refractivity contribution >= 4 is 13.0 Å². The molecule has 1 aromatic heterocycles. The average Bonchev–Trinajstić information content (AvgIpc) is 3.02. The molecule has 1 aromatic carbocycles. The molecule has 0 bridgehead atoms. The standard InChI is InChI=1S/C15H15F3N3O3P/c1-3-23-25(22,24-4-2)14-9-13(15(16,17)18)20-21(14)12-7-5-11(10-19)6-8-12/h5-9H,3-4H2,1-2H3. The molecule has 0 aliphatic rings. The summed E-state index contributed by atoms with van der Waals surface area (Å²) in [6.07, 6.45) is -4.73. The number of aromatic nitrogens is 2. The summed E-state index contributed by atoms with van der Waals surface area (Å²) in [6.45, 7) is 3.08. The zero-order valence-corrected chi connectivity index (χ0v) is 14.3. The molecule has 0 fully saturated rings. The first-order valence-corrected chi connectivity index (χ1v) is 8.87. The van der Waals surface area contributed by atoms with Gasteiger partial charge in [-0.15, -0.1) is 0 Å². The first kappa shape index (κ1) is 19.2. The van der Waals surface area contributed by atoms with E-state index >= 15 is 0 Å². The number of alkyl halides is 3. The van der Waals surface area contributed by atoms with Gasteiger partial charge in [0.1, 0.15) is 0 Å². The normalized spacial score (nSPS) is 12.2. The van der Waals surface area contributed by atoms with Crippen molar-refractivity contribution in [2.75, 3.05) is 13.2 Å². The summed E-state index contributed by atoms with van der Waals surface area (Å²) in [7, 11) is -4.01. The molecule has 0 saturated heterocycles. The Hall–Kier alpha value is -2.14. The van der Waals surface area contributed by atoms with Crippen LogP contribution in [0.25, 0.3) is 5.69 Å². The summed E-state index contributed by atoms with van der Waals surface area (Å²) in [5.41, 5.74) is -1.02. The fraction of sp³-hybridized carbons (Fsp3) is 0.333. The fourth-order valence-electron chi connectivity index (χ4n) is 2.08. The first-order chi connectivity index (χ1) is 11.7. The molecular weight excluding hydrogens is 358 g/mol. The number of hydrogen-bond donors (Lipinski definition) is 0. The van der Waals surface area contributed by atoms with E-state index in [1.54, 1.807) is 13.8 Å². The molecule has 0 radical (unpaired) electrons. The smallest absolute Gasteiger partial charge is 0.304 e. The van der Waals surface area contributed by atoms with E-state index in [0.717, 1.165) is 4.68 Å². The molecule has 1 heterocycles. The lowest BCUT2D eigenvalue weighted by atomic mass is 10.2. The van der Waals surface area contributed by atoms with E-state index in [9.17, 15) is 17.7 Å². The lowest BCUT2D eigenvalue weighted by molar-refractivity contribution is -0.141. The third-order valence-corrected chi connectivity index (χ3v) is 5.18. The van der Waals surface area contributed by atoms with Crippen molar-refractivity contribution in [3.63, 3.8) is 0 Å². The third kappa shape index (κ3) is 4.10. The molecule has 0 N–H and O–H groups in total. The van der Waals surface area contributed by atoms with E-state index in [1.165, 1.54) is 24.3 Å². The van der Waals surface area contributed by atoms with E-state index in [0.29, 0.717) is 11.6 Å². The van der Waals surface area contributed by atoms with Gasteiger partial charge in [-0.25, -0.2) is 4.68 Å². The van der Waals surface area contributed by atoms with Crippen molar-refractivity contribution in [2.45, 2.75) is 20.0 Å². The van der Waals surface area contributed by atoms with Crippen LogP contribution in [0.4, 0.5) is 13.2 Å². The van der Waals surface area contributed by atoms with Crippen LogP contribution in [0.5, 0.6) is 0 Å². The van der Waals surface area contributed by atoms with E-state index in [4.69, 9.17) is 14.3 Å². The minimum absolute atomic E-state index is 0.0167. The van der Waals surface area contributed by atoms with Gasteiger partial charge >= 0.3 is 13.8 Å². The van der Waals surface area contributed by atoms with E-state index in [-0.39, 0.29) is 24.3 Å². The Morgan fingerprint density at radius 2 is 1.76 bits per heavy atom. The highest BCUT2D eigenvalue weighted by Gasteiger charge is 2.40. The molecule has 10 heteroatoms. The molecule has 0 spiro atoms. The number of halogens is 3. The predicted molar refractivity (Wildman–Crippen MR) is 83.8 cm³/mol. The van der Waals surface area contributed by atoms with Crippen LogP contribution in [-0.2, 0) is 19.8 Å². The van der Waals surface area contributed by atoms with Crippen LogP contribution in [0.15, 0.2) is 30.3 Å². The number of nitrogens with zero attached hydrogens (tertiary/aromatic N) is 3. The van der Waals surface area contributed by atoms with Gasteiger partial charge < -0.3 is 9.05 Å². The minimum atomic E-state index is -4.73. The molecule has 0 atom stereocenters. The summed E-state index contributed by atoms with van der Waals surface area (Å²) in [5, 5.41) is 12.3. The van der Waals surface area contributed by atoms with Gasteiger partial charge in [-0.2, -0.15) is 23.5 Å². The van der Waals surface area contributed by atoms with Crippen molar-refractivity contribution in [1.82, 2.24) is 9.78 Å². The second kappa shape index (κ2) is 7.40. The van der Waals surface area contributed by atoms with Gasteiger partial charge in [-0.1, -0.05) is 0 Å². The topological polar surface area (TPSA) is 77.1 Å². The molecule has 0 saturated carbocycles. The highest BCUT2D eigenvalue weighted by molar-refractivity contribution is 7.62. The Morgan fingerprint density at radius 3 is 2.20 bits per heavy atom. The SMILES string of the molecule is CCOP(=O)(OCC)c1cc(C(F)(F)F)nn1-c1ccc(C#N)cc1. The number of hydrogen-bond acceptors (Lipinski definition) is 5. The summed E-state index contributed by atoms with van der Waals surface area (Å²) in [4.78, 5) is 0. The molecule has 134 valence electrons. The van der Waals surface area contributed by atoms with Crippen molar-refractivity contribution in [2.24, 2.45) is 0 Å². The molecule has 0 amide bonds. The molecule has 6 nitrogen and oxygen atoms in total. The number of nitriles is 1. The monoisotopic (exact) mass is 373 g/mol. The van der Waals surface area contributed by atoms with Crippen LogP contribution < -0.4 is 5.44 Å². The average molecular weight is 373 g/mol. The van der Waals surface area contributed by atoms with Gasteiger partial charge in [0.25, 0.3) is 0 Å². The van der Waals surface area contributed by atoms with Gasteiger partial charge in [0.2, 0.25) is 0 Å². The highest BCUT2D eigenvalue weighted by atomic mass is 31.2. The van der Waals surface area contributed by atoms with Crippen LogP contribution in [-0.4, -0.2) is 23.0 Å². The quantitative estimate of drug-likeness (QED) is 0.723. The lowest BCUT2D eigenvalue weighted by Crippen LogP contribution is -2.20. The fourth-order valence-corrected chi connectivity index (χ4v) is 3.77. The maximum atomic E-state index is 13.1. The number of rotatable bonds is 6. The maximum Gasteiger partial charge on any atom is 0.435 e. The Morgan fingerprint density at radius 1 is 1.20 bits per heavy atom. The Balaban J connectivity index is 2.66. The van der Waals surface area contributed by atoms with E-state index < -0.39 is 19.5 Å². The van der Waals surface area contributed by atoms with Crippen LogP contribution >= 0.6 is 7.60 Å². The van der Waals surface area contributed by atoms with Gasteiger partial charge in [0.05, 0.1) is 30.5 Å².